The van der Waals surface area contributed by atoms with Crippen molar-refractivity contribution in [3.63, 3.8) is 0 Å². The summed E-state index contributed by atoms with van der Waals surface area (Å²) >= 11 is 0. The first-order valence-electron chi connectivity index (χ1n) is 28.1. The number of carboxylic acids is 1. The molecule has 0 aliphatic carbocycles. The molecule has 0 radical (unpaired) electrons. The number of aliphatic carboxylic acids is 1. The van der Waals surface area contributed by atoms with Crippen LogP contribution in [0.25, 0.3) is 0 Å². The zero-order valence-electron chi connectivity index (χ0n) is 47.8. The van der Waals surface area contributed by atoms with E-state index in [1.54, 1.807) is 0 Å². The van der Waals surface area contributed by atoms with Crippen molar-refractivity contribution in [1.82, 2.24) is 41.7 Å². The van der Waals surface area contributed by atoms with Crippen LogP contribution in [0.4, 0.5) is 0 Å². The number of amides is 8. The molecule has 0 bridgehead atoms. The number of rotatable bonds is 24. The monoisotopic (exact) mass is 1260 g/mol. The molecule has 6 fully saturated rings. The molecular weight excluding hydrogens is 1170 g/mol. The third-order valence-electron chi connectivity index (χ3n) is 15.8. The minimum atomic E-state index is -3.23. The molecule has 6 rings (SSSR count). The Morgan fingerprint density at radius 1 is 0.678 bits per heavy atom. The fourth-order valence-corrected chi connectivity index (χ4v) is 11.2. The first-order chi connectivity index (χ1) is 41.0. The molecule has 24 atom stereocenters. The lowest BCUT2D eigenvalue weighted by Crippen LogP contribution is -2.73. The third kappa shape index (κ3) is 16.5. The zero-order valence-corrected chi connectivity index (χ0v) is 47.8. The van der Waals surface area contributed by atoms with Crippen LogP contribution in [-0.2, 0) is 76.3 Å². The lowest BCUT2D eigenvalue weighted by Gasteiger charge is -2.52. The number of aliphatic hydroxyl groups excluding tert-OH is 11. The van der Waals surface area contributed by atoms with Crippen molar-refractivity contribution in [2.24, 2.45) is 5.73 Å². The van der Waals surface area contributed by atoms with Crippen LogP contribution in [0.1, 0.15) is 59.8 Å². The summed E-state index contributed by atoms with van der Waals surface area (Å²) in [5.41, 5.74) is 5.44. The molecular formula is C50H81N9O28. The van der Waals surface area contributed by atoms with Crippen molar-refractivity contribution in [2.75, 3.05) is 52.5 Å². The van der Waals surface area contributed by atoms with E-state index in [0.29, 0.717) is 25.8 Å². The molecule has 8 amide bonds. The smallest absolute Gasteiger partial charge is 0.364 e. The summed E-state index contributed by atoms with van der Waals surface area (Å²) in [7, 11) is 0. The van der Waals surface area contributed by atoms with Crippen molar-refractivity contribution >= 4 is 53.2 Å². The van der Waals surface area contributed by atoms with E-state index in [-0.39, 0.29) is 19.5 Å². The number of carbonyl (C=O) groups is 9. The summed E-state index contributed by atoms with van der Waals surface area (Å²) in [5.74, 6) is -11.4. The number of nitrogens with two attached hydrogens (primary N) is 1. The Balaban J connectivity index is 1.21. The Labute approximate surface area is 496 Å². The fraction of sp³-hybridized carbons (Fsp3) is 0.820. The van der Waals surface area contributed by atoms with Crippen LogP contribution in [0.5, 0.6) is 0 Å². The van der Waals surface area contributed by atoms with E-state index >= 15 is 0 Å². The Kier molecular flexibility index (Phi) is 25.0. The average Bonchev–Trinajstić information content (AvgIpc) is 1.57. The van der Waals surface area contributed by atoms with Crippen molar-refractivity contribution in [3.05, 3.63) is 0 Å². The van der Waals surface area contributed by atoms with Gasteiger partial charge in [0.05, 0.1) is 57.7 Å². The van der Waals surface area contributed by atoms with E-state index in [1.165, 1.54) is 23.6 Å². The van der Waals surface area contributed by atoms with Gasteiger partial charge in [-0.2, -0.15) is 0 Å². The van der Waals surface area contributed by atoms with Crippen molar-refractivity contribution in [2.45, 2.75) is 206 Å². The summed E-state index contributed by atoms with van der Waals surface area (Å²) in [4.78, 5) is 120. The molecule has 0 unspecified atom stereocenters. The quantitative estimate of drug-likeness (QED) is 0.0427. The van der Waals surface area contributed by atoms with Crippen LogP contribution in [-0.4, -0.2) is 323 Å². The van der Waals surface area contributed by atoms with Crippen LogP contribution in [0.2, 0.25) is 0 Å². The maximum atomic E-state index is 14.1. The number of carboxylic acid groups (broad SMARTS) is 1. The molecule has 20 N–H and O–H groups in total. The maximum absolute atomic E-state index is 14.1. The highest BCUT2D eigenvalue weighted by atomic mass is 16.8. The molecule has 87 heavy (non-hydrogen) atoms. The number of hydrogen-bond acceptors (Lipinski definition) is 28. The SMILES string of the molecule is CC(=O)N[C@H]1[C@H]([C@H](O)[C@H](O)CO)O[C@@](O[C@@H]2[C@H](O)[C@H](O[C@H]3[C@H](O[C@@H]4O[C@@H](C)[C@@H](O)[C@H](O)[C@@H]4O)[C@H](NC(C)=O)[C@H](NC(=O)[C@H](C)NC(=O)[C@@H]4CCCN4C(=O)CNC(=O)CNC(=O)[C@@H]4CCCN4C(=O)CN)O[C@H]3CO)O[C@@H](CO)[C@@H]2O)(C(=O)O)C[C@H]1O. The highest BCUT2D eigenvalue weighted by Crippen LogP contribution is 2.39. The minimum Gasteiger partial charge on any atom is -0.477 e. The molecule has 37 heteroatoms. The van der Waals surface area contributed by atoms with E-state index in [2.05, 4.69) is 31.9 Å². The van der Waals surface area contributed by atoms with Crippen molar-refractivity contribution < 1.29 is 138 Å². The number of carbonyl (C=O) groups excluding carboxylic acids is 8. The second-order valence-corrected chi connectivity index (χ2v) is 22.0. The van der Waals surface area contributed by atoms with Gasteiger partial charge in [-0.25, -0.2) is 4.79 Å². The van der Waals surface area contributed by atoms with Crippen molar-refractivity contribution in [1.29, 1.82) is 0 Å². The normalized spacial score (nSPS) is 37.2. The zero-order chi connectivity index (χ0) is 64.5. The minimum absolute atomic E-state index is 0.0662. The first-order valence-corrected chi connectivity index (χ1v) is 28.1. The molecule has 0 aromatic carbocycles. The fourth-order valence-electron chi connectivity index (χ4n) is 11.2. The summed E-state index contributed by atoms with van der Waals surface area (Å²) in [6.45, 7) is 0.0339. The Bertz CT molecular complexity index is 2440. The molecule has 0 aromatic heterocycles. The Morgan fingerprint density at radius 3 is 1.85 bits per heavy atom. The van der Waals surface area contributed by atoms with Gasteiger partial charge in [0.25, 0.3) is 5.79 Å². The van der Waals surface area contributed by atoms with Gasteiger partial charge >= 0.3 is 5.97 Å². The predicted octanol–water partition coefficient (Wildman–Crippen LogP) is -12.4. The van der Waals surface area contributed by atoms with Gasteiger partial charge in [-0.15, -0.1) is 0 Å². The highest BCUT2D eigenvalue weighted by molar-refractivity contribution is 5.95. The van der Waals surface area contributed by atoms with Gasteiger partial charge in [0.15, 0.2) is 18.8 Å². The average molecular weight is 1260 g/mol. The van der Waals surface area contributed by atoms with Gasteiger partial charge in [0.1, 0.15) is 104 Å². The third-order valence-corrected chi connectivity index (χ3v) is 15.8. The predicted molar refractivity (Wildman–Crippen MR) is 281 cm³/mol. The van der Waals surface area contributed by atoms with Gasteiger partial charge in [-0.1, -0.05) is 0 Å². The topological polar surface area (TPSA) is 566 Å². The van der Waals surface area contributed by atoms with E-state index in [9.17, 15) is 104 Å². The Hall–Kier alpha value is -5.53. The summed E-state index contributed by atoms with van der Waals surface area (Å²) in [6.07, 6.45) is -36.1. The number of ether oxygens (including phenoxy) is 7. The number of nitrogens with zero attached hydrogens (tertiary/aromatic N) is 2. The summed E-state index contributed by atoms with van der Waals surface area (Å²) < 4.78 is 41.4. The van der Waals surface area contributed by atoms with Gasteiger partial charge in [-0.3, -0.25) is 38.4 Å². The second kappa shape index (κ2) is 30.8. The van der Waals surface area contributed by atoms with Gasteiger partial charge in [0, 0.05) is 33.4 Å². The van der Waals surface area contributed by atoms with Crippen LogP contribution < -0.4 is 37.6 Å². The Morgan fingerprint density at radius 2 is 1.26 bits per heavy atom. The van der Waals surface area contributed by atoms with Crippen LogP contribution in [0, 0.1) is 0 Å². The highest BCUT2D eigenvalue weighted by Gasteiger charge is 2.61. The molecule has 494 valence electrons. The van der Waals surface area contributed by atoms with Crippen LogP contribution in [0.15, 0.2) is 0 Å². The van der Waals surface area contributed by atoms with Crippen LogP contribution in [0.3, 0.4) is 0 Å². The molecule has 0 saturated carbocycles. The lowest BCUT2D eigenvalue weighted by molar-refractivity contribution is -0.386. The summed E-state index contributed by atoms with van der Waals surface area (Å²) in [5, 5.41) is 145. The molecule has 0 spiro atoms. The van der Waals surface area contributed by atoms with Crippen molar-refractivity contribution in [3.8, 4) is 0 Å². The maximum Gasteiger partial charge on any atom is 0.364 e. The van der Waals surface area contributed by atoms with Gasteiger partial charge in [0.2, 0.25) is 47.3 Å². The number of aliphatic hydroxyl groups is 11. The molecule has 6 aliphatic heterocycles. The second-order valence-electron chi connectivity index (χ2n) is 22.0. The molecule has 6 saturated heterocycles. The standard InChI is InChI=1S/C50H81N9O28/c1-18(54-45(78)23-8-6-10-59(23)30(69)14-52-28(67)13-53-44(77)22-7-5-9-58(22)29(68)12-51)43(76)57-46-32(56-21(4)64)41(85-47-37(74)36(73)33(70)19(2)81-47)39(27(17-62)82-46)84-48-38(75)42(35(72)26(16-61)83-48)87-50(49(79)80)11-24(65)31(55-20(3)63)40(86-50)34(71)25(66)15-60/h18-19,22-27,31-42,46-48,60-62,65-66,70-75H,5-17,51H2,1-4H3,(H,52,67)(H,53,77)(H,54,78)(H,55,63)(H,56,64)(H,57,76)(H,79,80)/t18-,19-,22-,23-,24+,25+,26-,27-,31+,32-,33+,34+,35-,36-,37-,38-,39+,40+,41+,42-,46+,47-,48-,50-/m0/s1. The lowest BCUT2D eigenvalue weighted by atomic mass is 9.88. The van der Waals surface area contributed by atoms with E-state index in [1.807, 2.05) is 0 Å². The first kappa shape index (κ1) is 70.6. The van der Waals surface area contributed by atoms with Gasteiger partial charge < -0.3 is 142 Å². The number of nitrogens with one attached hydrogen (secondary N) is 6. The largest absolute Gasteiger partial charge is 0.477 e. The van der Waals surface area contributed by atoms with E-state index < -0.39 is 239 Å². The molecule has 0 aromatic rings. The van der Waals surface area contributed by atoms with E-state index in [4.69, 9.17) is 38.9 Å². The summed E-state index contributed by atoms with van der Waals surface area (Å²) in [6, 6.07) is -6.94. The van der Waals surface area contributed by atoms with Gasteiger partial charge in [-0.05, 0) is 39.5 Å². The van der Waals surface area contributed by atoms with E-state index in [0.717, 1.165) is 13.8 Å². The van der Waals surface area contributed by atoms with Crippen LogP contribution >= 0.6 is 0 Å². The molecule has 6 aliphatic rings. The molecule has 37 nitrogen and oxygen atoms in total. The number of hydrogen-bond donors (Lipinski definition) is 19. The number of likely N-dealkylation sites (tertiary alicyclic amines) is 2. The molecule has 6 heterocycles.